The van der Waals surface area contributed by atoms with Crippen molar-refractivity contribution < 1.29 is 4.42 Å². The minimum atomic E-state index is 0.166. The van der Waals surface area contributed by atoms with E-state index in [4.69, 9.17) is 67.2 Å². The van der Waals surface area contributed by atoms with Crippen molar-refractivity contribution in [2.75, 3.05) is 0 Å². The minimum absolute atomic E-state index is 0.166. The van der Waals surface area contributed by atoms with Crippen molar-refractivity contribution in [3.63, 3.8) is 0 Å². The molecule has 9 heteroatoms. The SMILES string of the molecule is [B]c1c([B])c([B])c2c(-c3cccc4oc5c6ccccc6ccc5c34)c3c([B])c([B])c([B])c([B])c3c(-c3cccc4ccccc34)c2c1[B]. The fourth-order valence-corrected chi connectivity index (χ4v) is 7.69. The maximum absolute atomic E-state index is 7.03. The van der Waals surface area contributed by atoms with E-state index in [-0.39, 0.29) is 43.7 Å². The molecule has 0 aliphatic rings. The van der Waals surface area contributed by atoms with Crippen molar-refractivity contribution in [2.24, 2.45) is 0 Å². The highest BCUT2D eigenvalue weighted by Gasteiger charge is 2.27. The molecule has 9 aromatic rings. The van der Waals surface area contributed by atoms with Crippen LogP contribution in [0.2, 0.25) is 0 Å². The molecular formula is C40H16B8O. The summed E-state index contributed by atoms with van der Waals surface area (Å²) in [6.07, 6.45) is 0. The van der Waals surface area contributed by atoms with Gasteiger partial charge < -0.3 is 4.42 Å². The van der Waals surface area contributed by atoms with Gasteiger partial charge in [-0.05, 0) is 72.1 Å². The zero-order valence-corrected chi connectivity index (χ0v) is 26.3. The molecule has 0 saturated heterocycles. The molecule has 0 aliphatic heterocycles. The van der Waals surface area contributed by atoms with E-state index < -0.39 is 0 Å². The second-order valence-electron chi connectivity index (χ2n) is 12.5. The van der Waals surface area contributed by atoms with Crippen LogP contribution in [0, 0.1) is 0 Å². The molecule has 0 amide bonds. The fraction of sp³-hybridized carbons (Fsp3) is 0. The first-order valence-corrected chi connectivity index (χ1v) is 15.8. The summed E-state index contributed by atoms with van der Waals surface area (Å²) < 4.78 is 6.59. The Kier molecular flexibility index (Phi) is 6.66. The highest BCUT2D eigenvalue weighted by Crippen LogP contribution is 2.46. The van der Waals surface area contributed by atoms with E-state index in [0.717, 1.165) is 49.0 Å². The van der Waals surface area contributed by atoms with Gasteiger partial charge in [-0.1, -0.05) is 107 Å². The van der Waals surface area contributed by atoms with E-state index in [1.807, 2.05) is 78.9 Å². The normalized spacial score (nSPS) is 11.9. The molecule has 9 rings (SSSR count). The Morgan fingerprint density at radius 3 is 1.37 bits per heavy atom. The second-order valence-corrected chi connectivity index (χ2v) is 12.5. The molecule has 0 fully saturated rings. The Labute approximate surface area is 294 Å². The van der Waals surface area contributed by atoms with Crippen LogP contribution >= 0.6 is 0 Å². The van der Waals surface area contributed by atoms with Gasteiger partial charge in [0.1, 0.15) is 73.9 Å². The Morgan fingerprint density at radius 1 is 0.327 bits per heavy atom. The standard InChI is InChI=1S/C40H16B8O/c41-32-28-26(21-12-5-9-17-7-1-3-10-19(17)21)29-31(35(44)39(48)37(46)33(29)42)27(30(28)34(43)38(47)36(32)45)22-13-6-14-24-25(22)23-16-15-18-8-2-4-11-20(18)40(23)49-24/h1-16H. The second kappa shape index (κ2) is 10.8. The third-order valence-electron chi connectivity index (χ3n) is 10.0. The van der Waals surface area contributed by atoms with Gasteiger partial charge >= 0.3 is 0 Å². The van der Waals surface area contributed by atoms with Gasteiger partial charge in [0, 0.05) is 16.2 Å². The van der Waals surface area contributed by atoms with E-state index in [0.29, 0.717) is 38.3 Å². The summed E-state index contributed by atoms with van der Waals surface area (Å²) in [5.41, 5.74) is 6.06. The summed E-state index contributed by atoms with van der Waals surface area (Å²) in [7, 11) is 54.6. The summed E-state index contributed by atoms with van der Waals surface area (Å²) in [6, 6.07) is 32.2. The van der Waals surface area contributed by atoms with E-state index >= 15 is 0 Å². The molecule has 0 spiro atoms. The lowest BCUT2D eigenvalue weighted by molar-refractivity contribution is 0.673. The van der Waals surface area contributed by atoms with E-state index in [1.165, 1.54) is 0 Å². The molecule has 49 heavy (non-hydrogen) atoms. The number of furan rings is 1. The van der Waals surface area contributed by atoms with Crippen LogP contribution in [-0.4, -0.2) is 62.8 Å². The zero-order valence-electron chi connectivity index (χ0n) is 26.3. The molecule has 16 radical (unpaired) electrons. The lowest BCUT2D eigenvalue weighted by atomic mass is 9.59. The van der Waals surface area contributed by atoms with Crippen molar-refractivity contribution in [2.45, 2.75) is 0 Å². The first-order valence-electron chi connectivity index (χ1n) is 15.8. The van der Waals surface area contributed by atoms with Gasteiger partial charge in [0.2, 0.25) is 0 Å². The average molecular weight is 599 g/mol. The maximum Gasteiger partial charge on any atom is 0.143 e. The summed E-state index contributed by atoms with van der Waals surface area (Å²) in [4.78, 5) is 0. The van der Waals surface area contributed by atoms with E-state index in [1.54, 1.807) is 0 Å². The summed E-state index contributed by atoms with van der Waals surface area (Å²) in [5, 5.41) is 8.07. The number of rotatable bonds is 2. The molecule has 206 valence electrons. The number of hydrogen-bond donors (Lipinski definition) is 0. The summed E-state index contributed by atoms with van der Waals surface area (Å²) >= 11 is 0. The van der Waals surface area contributed by atoms with Crippen LogP contribution < -0.4 is 43.7 Å². The lowest BCUT2D eigenvalue weighted by Gasteiger charge is -2.29. The van der Waals surface area contributed by atoms with Crippen LogP contribution in [0.5, 0.6) is 0 Å². The first-order chi connectivity index (χ1) is 23.7. The zero-order chi connectivity index (χ0) is 33.9. The average Bonchev–Trinajstić information content (AvgIpc) is 3.53. The van der Waals surface area contributed by atoms with E-state index in [2.05, 4.69) is 18.2 Å². The molecule has 0 atom stereocenters. The van der Waals surface area contributed by atoms with Crippen molar-refractivity contribution in [1.29, 1.82) is 0 Å². The Balaban J connectivity index is 1.61. The number of fused-ring (bicyclic) bond motifs is 8. The van der Waals surface area contributed by atoms with Crippen molar-refractivity contribution in [1.82, 2.24) is 0 Å². The number of benzene rings is 8. The molecule has 1 nitrogen and oxygen atoms in total. The quantitative estimate of drug-likeness (QED) is 0.219. The van der Waals surface area contributed by atoms with Gasteiger partial charge in [-0.2, -0.15) is 0 Å². The van der Waals surface area contributed by atoms with Crippen molar-refractivity contribution >= 4 is 172 Å². The van der Waals surface area contributed by atoms with Gasteiger partial charge in [-0.25, -0.2) is 0 Å². The Bertz CT molecular complexity index is 2840. The third-order valence-corrected chi connectivity index (χ3v) is 10.0. The third kappa shape index (κ3) is 4.05. The molecule has 0 N–H and O–H groups in total. The smallest absolute Gasteiger partial charge is 0.143 e. The van der Waals surface area contributed by atoms with Crippen LogP contribution in [0.25, 0.3) is 87.3 Å². The Hall–Kier alpha value is -4.88. The molecule has 0 aliphatic carbocycles. The summed E-state index contributed by atoms with van der Waals surface area (Å²) in [5.74, 6) is 0. The molecular weight excluding hydrogens is 583 g/mol. The highest BCUT2D eigenvalue weighted by atomic mass is 16.3. The van der Waals surface area contributed by atoms with Crippen LogP contribution in [0.15, 0.2) is 101 Å². The van der Waals surface area contributed by atoms with Crippen molar-refractivity contribution in [3.05, 3.63) is 97.1 Å². The molecule has 0 saturated carbocycles. The number of hydrogen-bond acceptors (Lipinski definition) is 1. The van der Waals surface area contributed by atoms with Gasteiger partial charge in [-0.3, -0.25) is 0 Å². The molecule has 0 bridgehead atoms. The van der Waals surface area contributed by atoms with Gasteiger partial charge in [-0.15, -0.1) is 21.9 Å². The van der Waals surface area contributed by atoms with Crippen LogP contribution in [0.1, 0.15) is 0 Å². The van der Waals surface area contributed by atoms with Crippen LogP contribution in [0.4, 0.5) is 0 Å². The molecule has 1 heterocycles. The summed E-state index contributed by atoms with van der Waals surface area (Å²) in [6.45, 7) is 0. The van der Waals surface area contributed by atoms with Crippen molar-refractivity contribution in [3.8, 4) is 22.3 Å². The van der Waals surface area contributed by atoms with Gasteiger partial charge in [0.25, 0.3) is 0 Å². The Morgan fingerprint density at radius 2 is 0.776 bits per heavy atom. The highest BCUT2D eigenvalue weighted by molar-refractivity contribution is 6.71. The topological polar surface area (TPSA) is 13.1 Å². The largest absolute Gasteiger partial charge is 0.455 e. The van der Waals surface area contributed by atoms with E-state index in [9.17, 15) is 0 Å². The first kappa shape index (κ1) is 30.2. The fourth-order valence-electron chi connectivity index (χ4n) is 7.69. The monoisotopic (exact) mass is 600 g/mol. The van der Waals surface area contributed by atoms with Gasteiger partial charge in [0.05, 0.1) is 0 Å². The van der Waals surface area contributed by atoms with Gasteiger partial charge in [0.15, 0.2) is 0 Å². The minimum Gasteiger partial charge on any atom is -0.455 e. The predicted octanol–water partition coefficient (Wildman–Crippen LogP) is 1.88. The molecule has 1 aromatic heterocycles. The maximum atomic E-state index is 7.03. The predicted molar refractivity (Wildman–Crippen MR) is 218 cm³/mol. The molecule has 0 unspecified atom stereocenters. The lowest BCUT2D eigenvalue weighted by Crippen LogP contribution is -2.50. The molecule has 8 aromatic carbocycles. The van der Waals surface area contributed by atoms with Crippen LogP contribution in [-0.2, 0) is 0 Å². The van der Waals surface area contributed by atoms with Crippen LogP contribution in [0.3, 0.4) is 0 Å².